The average molecular weight is 373 g/mol. The highest BCUT2D eigenvalue weighted by Gasteiger charge is 2.13. The summed E-state index contributed by atoms with van der Waals surface area (Å²) in [6.45, 7) is 3.72. The number of anilines is 1. The van der Waals surface area contributed by atoms with Gasteiger partial charge in [0.05, 0.1) is 5.69 Å². The number of halogens is 3. The highest BCUT2D eigenvalue weighted by Crippen LogP contribution is 2.30. The molecular weight excluding hydrogens is 361 g/mol. The normalized spacial score (nSPS) is 10.4. The van der Waals surface area contributed by atoms with Crippen LogP contribution in [0.3, 0.4) is 0 Å². The molecule has 2 rings (SSSR count). The van der Waals surface area contributed by atoms with E-state index in [9.17, 15) is 4.79 Å². The van der Waals surface area contributed by atoms with Crippen LogP contribution in [-0.2, 0) is 0 Å². The third kappa shape index (κ3) is 3.17. The second kappa shape index (κ2) is 6.17. The maximum atomic E-state index is 12.3. The quantitative estimate of drug-likeness (QED) is 0.727. The van der Waals surface area contributed by atoms with Gasteiger partial charge in [-0.1, -0.05) is 29.3 Å². The van der Waals surface area contributed by atoms with Crippen molar-refractivity contribution in [2.24, 2.45) is 0 Å². The average Bonchev–Trinajstić information content (AvgIpc) is 2.39. The molecular formula is C15H12BrCl2NO. The van der Waals surface area contributed by atoms with Gasteiger partial charge in [-0.15, -0.1) is 0 Å². The molecule has 0 radical (unpaired) electrons. The van der Waals surface area contributed by atoms with Crippen LogP contribution in [-0.4, -0.2) is 5.91 Å². The topological polar surface area (TPSA) is 29.1 Å². The number of carbonyl (C=O) groups excluding carboxylic acids is 1. The lowest BCUT2D eigenvalue weighted by atomic mass is 10.1. The van der Waals surface area contributed by atoms with E-state index in [0.29, 0.717) is 21.3 Å². The van der Waals surface area contributed by atoms with Gasteiger partial charge in [0.15, 0.2) is 0 Å². The van der Waals surface area contributed by atoms with Gasteiger partial charge in [0, 0.05) is 20.1 Å². The lowest BCUT2D eigenvalue weighted by Gasteiger charge is -2.11. The summed E-state index contributed by atoms with van der Waals surface area (Å²) < 4.78 is 0.785. The van der Waals surface area contributed by atoms with Gasteiger partial charge in [-0.3, -0.25) is 4.79 Å². The molecule has 0 unspecified atom stereocenters. The van der Waals surface area contributed by atoms with Crippen molar-refractivity contribution in [2.45, 2.75) is 13.8 Å². The van der Waals surface area contributed by atoms with Gasteiger partial charge in [0.1, 0.15) is 0 Å². The molecule has 0 heterocycles. The standard InChI is InChI=1S/C15H12BrCl2NO/c1-8-6-11(16)14(7-13(8)18)19-15(20)10-4-3-5-12(17)9(10)2/h3-7H,1-2H3,(H,19,20). The number of aryl methyl sites for hydroxylation is 1. The zero-order chi connectivity index (χ0) is 14.9. The molecule has 0 saturated heterocycles. The van der Waals surface area contributed by atoms with Crippen LogP contribution in [0.5, 0.6) is 0 Å². The first-order chi connectivity index (χ1) is 9.40. The number of rotatable bonds is 2. The van der Waals surface area contributed by atoms with Crippen LogP contribution in [0.4, 0.5) is 5.69 Å². The number of carbonyl (C=O) groups is 1. The van der Waals surface area contributed by atoms with E-state index >= 15 is 0 Å². The van der Waals surface area contributed by atoms with E-state index < -0.39 is 0 Å². The summed E-state index contributed by atoms with van der Waals surface area (Å²) in [5, 5.41) is 4.00. The number of hydrogen-bond donors (Lipinski definition) is 1. The van der Waals surface area contributed by atoms with Crippen molar-refractivity contribution in [1.82, 2.24) is 0 Å². The fraction of sp³-hybridized carbons (Fsp3) is 0.133. The molecule has 1 amide bonds. The Labute approximate surface area is 136 Å². The molecule has 0 aliphatic carbocycles. The summed E-state index contributed by atoms with van der Waals surface area (Å²) in [6, 6.07) is 8.83. The van der Waals surface area contributed by atoms with Gasteiger partial charge < -0.3 is 5.32 Å². The first kappa shape index (κ1) is 15.4. The molecule has 2 nitrogen and oxygen atoms in total. The third-order valence-corrected chi connectivity index (χ3v) is 4.48. The zero-order valence-electron chi connectivity index (χ0n) is 10.9. The third-order valence-electron chi connectivity index (χ3n) is 3.01. The van der Waals surface area contributed by atoms with Crippen LogP contribution in [0.1, 0.15) is 21.5 Å². The Morgan fingerprint density at radius 3 is 2.55 bits per heavy atom. The van der Waals surface area contributed by atoms with Gasteiger partial charge in [-0.05, 0) is 65.2 Å². The summed E-state index contributed by atoms with van der Waals surface area (Å²) in [5.74, 6) is -0.217. The Kier molecular flexibility index (Phi) is 4.74. The maximum absolute atomic E-state index is 12.3. The first-order valence-electron chi connectivity index (χ1n) is 5.92. The molecule has 104 valence electrons. The Morgan fingerprint density at radius 2 is 1.85 bits per heavy atom. The van der Waals surface area contributed by atoms with Crippen LogP contribution in [0, 0.1) is 13.8 Å². The van der Waals surface area contributed by atoms with Gasteiger partial charge in [-0.25, -0.2) is 0 Å². The number of amides is 1. The molecule has 0 aromatic heterocycles. The lowest BCUT2D eigenvalue weighted by Crippen LogP contribution is -2.14. The van der Waals surface area contributed by atoms with Crippen molar-refractivity contribution >= 4 is 50.7 Å². The van der Waals surface area contributed by atoms with E-state index in [4.69, 9.17) is 23.2 Å². The Morgan fingerprint density at radius 1 is 1.15 bits per heavy atom. The summed E-state index contributed by atoms with van der Waals surface area (Å²) in [4.78, 5) is 12.3. The minimum Gasteiger partial charge on any atom is -0.321 e. The SMILES string of the molecule is Cc1cc(Br)c(NC(=O)c2cccc(Cl)c2C)cc1Cl. The molecule has 0 spiro atoms. The first-order valence-corrected chi connectivity index (χ1v) is 7.47. The second-order valence-corrected chi connectivity index (χ2v) is 6.12. The maximum Gasteiger partial charge on any atom is 0.256 e. The molecule has 0 saturated carbocycles. The van der Waals surface area contributed by atoms with E-state index in [2.05, 4.69) is 21.2 Å². The molecule has 1 N–H and O–H groups in total. The minimum atomic E-state index is -0.217. The van der Waals surface area contributed by atoms with Crippen LogP contribution in [0.15, 0.2) is 34.8 Å². The Bertz CT molecular complexity index is 686. The minimum absolute atomic E-state index is 0.217. The fourth-order valence-electron chi connectivity index (χ4n) is 1.79. The molecule has 5 heteroatoms. The Balaban J connectivity index is 2.33. The van der Waals surface area contributed by atoms with Crippen LogP contribution in [0.25, 0.3) is 0 Å². The van der Waals surface area contributed by atoms with Crippen molar-refractivity contribution in [3.63, 3.8) is 0 Å². The van der Waals surface area contributed by atoms with Gasteiger partial charge in [0.25, 0.3) is 5.91 Å². The van der Waals surface area contributed by atoms with Crippen molar-refractivity contribution < 1.29 is 4.79 Å². The van der Waals surface area contributed by atoms with Crippen LogP contribution < -0.4 is 5.32 Å². The largest absolute Gasteiger partial charge is 0.321 e. The van der Waals surface area contributed by atoms with Gasteiger partial charge in [-0.2, -0.15) is 0 Å². The van der Waals surface area contributed by atoms with E-state index in [0.717, 1.165) is 15.6 Å². The fourth-order valence-corrected chi connectivity index (χ4v) is 2.68. The summed E-state index contributed by atoms with van der Waals surface area (Å²) in [5.41, 5.74) is 2.86. The molecule has 0 fully saturated rings. The van der Waals surface area contributed by atoms with Crippen LogP contribution in [0.2, 0.25) is 10.0 Å². The number of benzene rings is 2. The predicted molar refractivity (Wildman–Crippen MR) is 88.0 cm³/mol. The number of hydrogen-bond acceptors (Lipinski definition) is 1. The molecule has 2 aromatic carbocycles. The zero-order valence-corrected chi connectivity index (χ0v) is 14.0. The van der Waals surface area contributed by atoms with E-state index in [1.165, 1.54) is 0 Å². The van der Waals surface area contributed by atoms with E-state index in [1.54, 1.807) is 24.3 Å². The summed E-state index contributed by atoms with van der Waals surface area (Å²) >= 11 is 15.5. The van der Waals surface area contributed by atoms with Crippen molar-refractivity contribution in [1.29, 1.82) is 0 Å². The monoisotopic (exact) mass is 371 g/mol. The van der Waals surface area contributed by atoms with Crippen molar-refractivity contribution in [2.75, 3.05) is 5.32 Å². The highest BCUT2D eigenvalue weighted by atomic mass is 79.9. The molecule has 0 aliphatic heterocycles. The van der Waals surface area contributed by atoms with Crippen molar-refractivity contribution in [3.8, 4) is 0 Å². The molecule has 0 aliphatic rings. The highest BCUT2D eigenvalue weighted by molar-refractivity contribution is 9.10. The van der Waals surface area contributed by atoms with E-state index in [1.807, 2.05) is 19.9 Å². The Hall–Kier alpha value is -1.03. The molecule has 20 heavy (non-hydrogen) atoms. The van der Waals surface area contributed by atoms with Gasteiger partial charge >= 0.3 is 0 Å². The molecule has 0 atom stereocenters. The molecule has 0 bridgehead atoms. The lowest BCUT2D eigenvalue weighted by molar-refractivity contribution is 0.102. The van der Waals surface area contributed by atoms with Gasteiger partial charge in [0.2, 0.25) is 0 Å². The smallest absolute Gasteiger partial charge is 0.256 e. The molecule has 2 aromatic rings. The van der Waals surface area contributed by atoms with E-state index in [-0.39, 0.29) is 5.91 Å². The van der Waals surface area contributed by atoms with Crippen molar-refractivity contribution in [3.05, 3.63) is 61.5 Å². The number of nitrogens with one attached hydrogen (secondary N) is 1. The second-order valence-electron chi connectivity index (χ2n) is 4.45. The summed E-state index contributed by atoms with van der Waals surface area (Å²) in [6.07, 6.45) is 0. The summed E-state index contributed by atoms with van der Waals surface area (Å²) in [7, 11) is 0. The predicted octanol–water partition coefficient (Wildman–Crippen LogP) is 5.63. The van der Waals surface area contributed by atoms with Crippen LogP contribution >= 0.6 is 39.1 Å².